The van der Waals surface area contributed by atoms with E-state index in [1.807, 2.05) is 0 Å². The summed E-state index contributed by atoms with van der Waals surface area (Å²) < 4.78 is 19.1. The van der Waals surface area contributed by atoms with Gasteiger partial charge in [0.2, 0.25) is 0 Å². The summed E-state index contributed by atoms with van der Waals surface area (Å²) in [5.41, 5.74) is 0.108. The maximum absolute atomic E-state index is 14.0. The monoisotopic (exact) mass is 265 g/mol. The number of nitrogens with zero attached hydrogens (tertiary/aromatic N) is 1. The average Bonchev–Trinajstić information content (AvgIpc) is 2.92. The number of aromatic nitrogens is 1. The van der Waals surface area contributed by atoms with Crippen LogP contribution in [0.25, 0.3) is 0 Å². The van der Waals surface area contributed by atoms with Crippen LogP contribution < -0.4 is 4.74 Å². The number of hydrogen-bond acceptors (Lipinski definition) is 3. The number of halogens is 1. The van der Waals surface area contributed by atoms with E-state index in [9.17, 15) is 9.18 Å². The molecule has 3 nitrogen and oxygen atoms in total. The molecule has 0 saturated heterocycles. The topological polar surface area (TPSA) is 39.2 Å². The molecule has 0 aromatic carbocycles. The fourth-order valence-electron chi connectivity index (χ4n) is 2.65. The molecule has 2 rings (SSSR count). The molecule has 0 radical (unpaired) electrons. The van der Waals surface area contributed by atoms with Crippen LogP contribution in [0.5, 0.6) is 5.88 Å². The van der Waals surface area contributed by atoms with Gasteiger partial charge in [-0.1, -0.05) is 25.7 Å². The molecule has 1 heterocycles. The fourth-order valence-corrected chi connectivity index (χ4v) is 2.65. The Kier molecular flexibility index (Phi) is 4.88. The Bertz CT molecular complexity index is 442. The quantitative estimate of drug-likeness (QED) is 0.735. The zero-order valence-electron chi connectivity index (χ0n) is 11.3. The van der Waals surface area contributed by atoms with Crippen molar-refractivity contribution in [2.24, 2.45) is 5.92 Å². The van der Waals surface area contributed by atoms with Gasteiger partial charge in [-0.25, -0.2) is 9.37 Å². The number of Topliss-reactive ketones (excluding diaryl/α,β-unsaturated/α-hetero) is 1. The first-order valence-corrected chi connectivity index (χ1v) is 7.03. The smallest absolute Gasteiger partial charge is 0.251 e. The van der Waals surface area contributed by atoms with Gasteiger partial charge in [0, 0.05) is 12.6 Å². The number of ketones is 1. The van der Waals surface area contributed by atoms with Gasteiger partial charge in [-0.2, -0.15) is 0 Å². The summed E-state index contributed by atoms with van der Waals surface area (Å²) in [5, 5.41) is 0. The second-order valence-electron chi connectivity index (χ2n) is 5.02. The lowest BCUT2D eigenvalue weighted by molar-refractivity contribution is 0.0968. The minimum Gasteiger partial charge on any atom is -0.476 e. The Morgan fingerprint density at radius 3 is 2.89 bits per heavy atom. The molecule has 0 aliphatic heterocycles. The molecule has 1 aliphatic rings. The summed E-state index contributed by atoms with van der Waals surface area (Å²) in [4.78, 5) is 15.9. The molecule has 0 bridgehead atoms. The minimum atomic E-state index is -0.624. The van der Waals surface area contributed by atoms with Crippen molar-refractivity contribution in [1.82, 2.24) is 4.98 Å². The lowest BCUT2D eigenvalue weighted by atomic mass is 9.98. The van der Waals surface area contributed by atoms with Gasteiger partial charge in [0.15, 0.2) is 11.6 Å². The van der Waals surface area contributed by atoms with Gasteiger partial charge >= 0.3 is 0 Å². The van der Waals surface area contributed by atoms with Crippen LogP contribution in [0, 0.1) is 11.7 Å². The molecule has 104 valence electrons. The number of ether oxygens (including phenoxy) is 1. The lowest BCUT2D eigenvalue weighted by Crippen LogP contribution is -2.08. The highest BCUT2D eigenvalue weighted by atomic mass is 19.1. The third-order valence-corrected chi connectivity index (χ3v) is 3.69. The van der Waals surface area contributed by atoms with Crippen LogP contribution in [0.2, 0.25) is 0 Å². The highest BCUT2D eigenvalue weighted by molar-refractivity contribution is 5.96. The molecule has 0 atom stereocenters. The van der Waals surface area contributed by atoms with Crippen molar-refractivity contribution in [1.29, 1.82) is 0 Å². The largest absolute Gasteiger partial charge is 0.476 e. The minimum absolute atomic E-state index is 0.0748. The Morgan fingerprint density at radius 1 is 1.47 bits per heavy atom. The fraction of sp³-hybridized carbons (Fsp3) is 0.600. The molecule has 19 heavy (non-hydrogen) atoms. The van der Waals surface area contributed by atoms with E-state index in [4.69, 9.17) is 4.74 Å². The van der Waals surface area contributed by atoms with Crippen molar-refractivity contribution < 1.29 is 13.9 Å². The normalized spacial score (nSPS) is 15.7. The first kappa shape index (κ1) is 14.0. The van der Waals surface area contributed by atoms with E-state index in [0.29, 0.717) is 18.9 Å². The van der Waals surface area contributed by atoms with E-state index in [1.54, 1.807) is 6.92 Å². The summed E-state index contributed by atoms with van der Waals surface area (Å²) in [5.74, 6) is -0.206. The number of carbonyl (C=O) groups is 1. The van der Waals surface area contributed by atoms with Crippen LogP contribution in [-0.4, -0.2) is 17.4 Å². The molecule has 4 heteroatoms. The van der Waals surface area contributed by atoms with Crippen molar-refractivity contribution in [3.8, 4) is 5.88 Å². The van der Waals surface area contributed by atoms with Crippen LogP contribution >= 0.6 is 0 Å². The standard InChI is InChI=1S/C15H20FNO2/c1-2-19-15-14(16)12(9-10-17-15)13(18)8-7-11-5-3-4-6-11/h9-11H,2-8H2,1H3. The highest BCUT2D eigenvalue weighted by Gasteiger charge is 2.20. The Hall–Kier alpha value is -1.45. The van der Waals surface area contributed by atoms with E-state index in [0.717, 1.165) is 6.42 Å². The average molecular weight is 265 g/mol. The third kappa shape index (κ3) is 3.52. The van der Waals surface area contributed by atoms with Crippen molar-refractivity contribution in [2.75, 3.05) is 6.61 Å². The van der Waals surface area contributed by atoms with Crippen LogP contribution in [0.3, 0.4) is 0 Å². The summed E-state index contributed by atoms with van der Waals surface area (Å²) in [7, 11) is 0. The van der Waals surface area contributed by atoms with Crippen LogP contribution in [0.4, 0.5) is 4.39 Å². The molecule has 1 aromatic heterocycles. The van der Waals surface area contributed by atoms with Crippen molar-refractivity contribution in [3.63, 3.8) is 0 Å². The molecule has 0 spiro atoms. The number of pyridine rings is 1. The van der Waals surface area contributed by atoms with Gasteiger partial charge in [-0.15, -0.1) is 0 Å². The highest BCUT2D eigenvalue weighted by Crippen LogP contribution is 2.29. The first-order chi connectivity index (χ1) is 9.22. The van der Waals surface area contributed by atoms with E-state index in [1.165, 1.54) is 37.9 Å². The van der Waals surface area contributed by atoms with E-state index >= 15 is 0 Å². The molecule has 1 fully saturated rings. The molecule has 1 saturated carbocycles. The lowest BCUT2D eigenvalue weighted by Gasteiger charge is -2.09. The van der Waals surface area contributed by atoms with Crippen LogP contribution in [0.1, 0.15) is 55.8 Å². The maximum Gasteiger partial charge on any atom is 0.251 e. The van der Waals surface area contributed by atoms with Gasteiger partial charge in [0.1, 0.15) is 0 Å². The SMILES string of the molecule is CCOc1nccc(C(=O)CCC2CCCC2)c1F. The predicted molar refractivity (Wildman–Crippen MR) is 70.9 cm³/mol. The van der Waals surface area contributed by atoms with Gasteiger partial charge in [-0.05, 0) is 25.3 Å². The molecular weight excluding hydrogens is 245 g/mol. The predicted octanol–water partition coefficient (Wildman–Crippen LogP) is 3.77. The first-order valence-electron chi connectivity index (χ1n) is 7.03. The maximum atomic E-state index is 14.0. The summed E-state index contributed by atoms with van der Waals surface area (Å²) in [6.07, 6.45) is 7.64. The Balaban J connectivity index is 1.99. The molecule has 0 unspecified atom stereocenters. The Labute approximate surface area is 113 Å². The van der Waals surface area contributed by atoms with Crippen molar-refractivity contribution in [3.05, 3.63) is 23.6 Å². The third-order valence-electron chi connectivity index (χ3n) is 3.69. The van der Waals surface area contributed by atoms with Crippen molar-refractivity contribution in [2.45, 2.75) is 45.4 Å². The summed E-state index contributed by atoms with van der Waals surface area (Å²) in [6.45, 7) is 2.10. The van der Waals surface area contributed by atoms with E-state index in [-0.39, 0.29) is 17.2 Å². The second-order valence-corrected chi connectivity index (χ2v) is 5.02. The zero-order chi connectivity index (χ0) is 13.7. The number of hydrogen-bond donors (Lipinski definition) is 0. The van der Waals surface area contributed by atoms with Gasteiger partial charge in [0.05, 0.1) is 12.2 Å². The second kappa shape index (κ2) is 6.64. The van der Waals surface area contributed by atoms with E-state index < -0.39 is 5.82 Å². The van der Waals surface area contributed by atoms with Crippen LogP contribution in [-0.2, 0) is 0 Å². The Morgan fingerprint density at radius 2 is 2.21 bits per heavy atom. The van der Waals surface area contributed by atoms with Gasteiger partial charge < -0.3 is 4.74 Å². The molecule has 0 N–H and O–H groups in total. The van der Waals surface area contributed by atoms with Gasteiger partial charge in [0.25, 0.3) is 5.88 Å². The number of carbonyl (C=O) groups excluding carboxylic acids is 1. The van der Waals surface area contributed by atoms with Gasteiger partial charge in [-0.3, -0.25) is 4.79 Å². The van der Waals surface area contributed by atoms with Crippen molar-refractivity contribution >= 4 is 5.78 Å². The summed E-state index contributed by atoms with van der Waals surface area (Å²) in [6, 6.07) is 1.44. The molecular formula is C15H20FNO2. The molecule has 0 amide bonds. The number of rotatable bonds is 6. The van der Waals surface area contributed by atoms with E-state index in [2.05, 4.69) is 4.98 Å². The zero-order valence-corrected chi connectivity index (χ0v) is 11.3. The summed E-state index contributed by atoms with van der Waals surface area (Å²) >= 11 is 0. The molecule has 1 aromatic rings. The van der Waals surface area contributed by atoms with Crippen LogP contribution in [0.15, 0.2) is 12.3 Å². The molecule has 1 aliphatic carbocycles.